The summed E-state index contributed by atoms with van der Waals surface area (Å²) < 4.78 is 1.55. The Labute approximate surface area is 98.8 Å². The smallest absolute Gasteiger partial charge is 0.287 e. The summed E-state index contributed by atoms with van der Waals surface area (Å²) in [6.07, 6.45) is 6.37. The molecule has 0 bridgehead atoms. The van der Waals surface area contributed by atoms with Gasteiger partial charge in [0.1, 0.15) is 5.69 Å². The van der Waals surface area contributed by atoms with E-state index in [-0.39, 0.29) is 24.0 Å². The minimum absolute atomic E-state index is 0.0460. The lowest BCUT2D eigenvalue weighted by atomic mass is 10.3. The van der Waals surface area contributed by atoms with Crippen molar-refractivity contribution < 1.29 is 9.72 Å². The SMILES string of the molecule is C#CCNC(=O)c1cc([N+](=O)[O-])cn1C(C)C. The lowest BCUT2D eigenvalue weighted by Gasteiger charge is -2.11. The normalized spacial score (nSPS) is 10.0. The third-order valence-electron chi connectivity index (χ3n) is 2.18. The molecule has 1 aromatic rings. The molecule has 0 radical (unpaired) electrons. The van der Waals surface area contributed by atoms with Crippen LogP contribution in [0.15, 0.2) is 12.3 Å². The number of amides is 1. The van der Waals surface area contributed by atoms with Crippen molar-refractivity contribution in [3.63, 3.8) is 0 Å². The number of rotatable bonds is 4. The van der Waals surface area contributed by atoms with E-state index < -0.39 is 10.8 Å². The third kappa shape index (κ3) is 2.84. The zero-order valence-electron chi connectivity index (χ0n) is 9.64. The summed E-state index contributed by atoms with van der Waals surface area (Å²) in [5.74, 6) is 1.86. The fraction of sp³-hybridized carbons (Fsp3) is 0.364. The van der Waals surface area contributed by atoms with Crippen LogP contribution in [0, 0.1) is 22.5 Å². The lowest BCUT2D eigenvalue weighted by Crippen LogP contribution is -2.26. The second-order valence-corrected chi connectivity index (χ2v) is 3.73. The first-order valence-electron chi connectivity index (χ1n) is 5.05. The first-order chi connectivity index (χ1) is 7.97. The van der Waals surface area contributed by atoms with Crippen LogP contribution in [0.5, 0.6) is 0 Å². The van der Waals surface area contributed by atoms with E-state index in [1.807, 2.05) is 13.8 Å². The molecule has 0 atom stereocenters. The number of hydrogen-bond acceptors (Lipinski definition) is 3. The molecular formula is C11H13N3O3. The first-order valence-corrected chi connectivity index (χ1v) is 5.05. The average Bonchev–Trinajstić information content (AvgIpc) is 2.70. The second-order valence-electron chi connectivity index (χ2n) is 3.73. The maximum atomic E-state index is 11.7. The number of hydrogen-bond donors (Lipinski definition) is 1. The Hall–Kier alpha value is -2.29. The van der Waals surface area contributed by atoms with Crippen molar-refractivity contribution in [2.24, 2.45) is 0 Å². The van der Waals surface area contributed by atoms with E-state index in [0.717, 1.165) is 0 Å². The molecule has 0 aliphatic carbocycles. The number of carbonyl (C=O) groups is 1. The van der Waals surface area contributed by atoms with Crippen LogP contribution in [0.25, 0.3) is 0 Å². The quantitative estimate of drug-likeness (QED) is 0.486. The summed E-state index contributed by atoms with van der Waals surface area (Å²) in [6, 6.07) is 1.20. The highest BCUT2D eigenvalue weighted by Crippen LogP contribution is 2.20. The molecule has 1 amide bonds. The number of carbonyl (C=O) groups excluding carboxylic acids is 1. The fourth-order valence-electron chi connectivity index (χ4n) is 1.40. The maximum absolute atomic E-state index is 11.7. The van der Waals surface area contributed by atoms with Crippen molar-refractivity contribution in [2.45, 2.75) is 19.9 Å². The van der Waals surface area contributed by atoms with Crippen LogP contribution in [0.4, 0.5) is 5.69 Å². The zero-order valence-corrected chi connectivity index (χ0v) is 9.64. The molecule has 0 aromatic carbocycles. The summed E-state index contributed by atoms with van der Waals surface area (Å²) in [4.78, 5) is 21.8. The topological polar surface area (TPSA) is 77.2 Å². The maximum Gasteiger partial charge on any atom is 0.287 e. The molecule has 6 nitrogen and oxygen atoms in total. The molecule has 1 heterocycles. The summed E-state index contributed by atoms with van der Waals surface area (Å²) in [7, 11) is 0. The highest BCUT2D eigenvalue weighted by Gasteiger charge is 2.20. The van der Waals surface area contributed by atoms with E-state index >= 15 is 0 Å². The van der Waals surface area contributed by atoms with Gasteiger partial charge in [-0.25, -0.2) is 0 Å². The molecule has 0 saturated heterocycles. The van der Waals surface area contributed by atoms with Gasteiger partial charge < -0.3 is 9.88 Å². The molecule has 1 aromatic heterocycles. The van der Waals surface area contributed by atoms with Crippen molar-refractivity contribution in [1.82, 2.24) is 9.88 Å². The van der Waals surface area contributed by atoms with Gasteiger partial charge in [-0.15, -0.1) is 6.42 Å². The first kappa shape index (κ1) is 12.8. The highest BCUT2D eigenvalue weighted by atomic mass is 16.6. The van der Waals surface area contributed by atoms with Gasteiger partial charge >= 0.3 is 0 Å². The van der Waals surface area contributed by atoms with Gasteiger partial charge in [0, 0.05) is 12.1 Å². The predicted octanol–water partition coefficient (Wildman–Crippen LogP) is 1.34. The van der Waals surface area contributed by atoms with Crippen molar-refractivity contribution in [2.75, 3.05) is 6.54 Å². The molecular weight excluding hydrogens is 222 g/mol. The molecule has 1 rings (SSSR count). The van der Waals surface area contributed by atoms with Crippen molar-refractivity contribution in [3.8, 4) is 12.3 Å². The van der Waals surface area contributed by atoms with Crippen LogP contribution in [-0.4, -0.2) is 21.9 Å². The van der Waals surface area contributed by atoms with E-state index in [1.165, 1.54) is 12.3 Å². The predicted molar refractivity (Wildman–Crippen MR) is 62.6 cm³/mol. The molecule has 90 valence electrons. The Morgan fingerprint density at radius 2 is 2.35 bits per heavy atom. The number of aromatic nitrogens is 1. The Balaban J connectivity index is 3.09. The van der Waals surface area contributed by atoms with Crippen LogP contribution in [0.2, 0.25) is 0 Å². The molecule has 17 heavy (non-hydrogen) atoms. The Morgan fingerprint density at radius 3 is 2.82 bits per heavy atom. The van der Waals surface area contributed by atoms with Crippen LogP contribution in [0.1, 0.15) is 30.4 Å². The largest absolute Gasteiger partial charge is 0.340 e. The Morgan fingerprint density at radius 1 is 1.71 bits per heavy atom. The minimum Gasteiger partial charge on any atom is -0.340 e. The molecule has 0 aliphatic heterocycles. The van der Waals surface area contributed by atoms with Crippen LogP contribution in [0.3, 0.4) is 0 Å². The van der Waals surface area contributed by atoms with Gasteiger partial charge in [-0.1, -0.05) is 5.92 Å². The molecule has 0 unspecified atom stereocenters. The Kier molecular flexibility index (Phi) is 3.88. The zero-order chi connectivity index (χ0) is 13.0. The molecule has 0 fully saturated rings. The highest BCUT2D eigenvalue weighted by molar-refractivity contribution is 5.93. The lowest BCUT2D eigenvalue weighted by molar-refractivity contribution is -0.384. The summed E-state index contributed by atoms with van der Waals surface area (Å²) in [6.45, 7) is 3.76. The standard InChI is InChI=1S/C11H13N3O3/c1-4-5-12-11(15)10-6-9(14(16)17)7-13(10)8(2)3/h1,6-8H,5H2,2-3H3,(H,12,15). The van der Waals surface area contributed by atoms with Crippen molar-refractivity contribution in [3.05, 3.63) is 28.1 Å². The Bertz CT molecular complexity index is 483. The molecule has 0 saturated carbocycles. The summed E-state index contributed by atoms with van der Waals surface area (Å²) >= 11 is 0. The van der Waals surface area contributed by atoms with E-state index in [1.54, 1.807) is 4.57 Å². The molecule has 0 spiro atoms. The van der Waals surface area contributed by atoms with Gasteiger partial charge in [0.25, 0.3) is 11.6 Å². The monoisotopic (exact) mass is 235 g/mol. The van der Waals surface area contributed by atoms with E-state index in [0.29, 0.717) is 0 Å². The average molecular weight is 235 g/mol. The molecule has 6 heteroatoms. The fourth-order valence-corrected chi connectivity index (χ4v) is 1.40. The minimum atomic E-state index is -0.531. The number of nitro groups is 1. The van der Waals surface area contributed by atoms with Crippen LogP contribution < -0.4 is 5.32 Å². The van der Waals surface area contributed by atoms with Gasteiger partial charge in [0.05, 0.1) is 17.7 Å². The van der Waals surface area contributed by atoms with Gasteiger partial charge in [-0.05, 0) is 13.8 Å². The van der Waals surface area contributed by atoms with Crippen LogP contribution >= 0.6 is 0 Å². The second kappa shape index (κ2) is 5.16. The number of nitrogens with one attached hydrogen (secondary N) is 1. The van der Waals surface area contributed by atoms with Crippen molar-refractivity contribution in [1.29, 1.82) is 0 Å². The number of terminal acetylenes is 1. The van der Waals surface area contributed by atoms with Crippen molar-refractivity contribution >= 4 is 11.6 Å². The van der Waals surface area contributed by atoms with Gasteiger partial charge in [0.2, 0.25) is 0 Å². The van der Waals surface area contributed by atoms with Gasteiger partial charge in [-0.3, -0.25) is 14.9 Å². The third-order valence-corrected chi connectivity index (χ3v) is 2.18. The van der Waals surface area contributed by atoms with Gasteiger partial charge in [0.15, 0.2) is 0 Å². The summed E-state index contributed by atoms with van der Waals surface area (Å²) in [5.41, 5.74) is 0.131. The molecule has 1 N–H and O–H groups in total. The molecule has 0 aliphatic rings. The number of nitrogens with zero attached hydrogens (tertiary/aromatic N) is 2. The van der Waals surface area contributed by atoms with E-state index in [4.69, 9.17) is 6.42 Å². The van der Waals surface area contributed by atoms with Gasteiger partial charge in [-0.2, -0.15) is 0 Å². The van der Waals surface area contributed by atoms with Crippen LogP contribution in [-0.2, 0) is 0 Å². The summed E-state index contributed by atoms with van der Waals surface area (Å²) in [5, 5.41) is 13.1. The van der Waals surface area contributed by atoms with E-state index in [2.05, 4.69) is 11.2 Å². The van der Waals surface area contributed by atoms with E-state index in [9.17, 15) is 14.9 Å².